The van der Waals surface area contributed by atoms with E-state index in [1.165, 1.54) is 154 Å². The molecule has 0 unspecified atom stereocenters. The van der Waals surface area contributed by atoms with Crippen molar-refractivity contribution < 1.29 is 33.4 Å². The molecule has 0 aliphatic carbocycles. The number of hydrogen-bond acceptors (Lipinski definition) is 7. The van der Waals surface area contributed by atoms with E-state index in [9.17, 15) is 19.2 Å². The second kappa shape index (κ2) is 39.4. The average molecular weight is 745 g/mol. The van der Waals surface area contributed by atoms with Gasteiger partial charge in [-0.15, -0.1) is 11.6 Å². The van der Waals surface area contributed by atoms with E-state index >= 15 is 0 Å². The van der Waals surface area contributed by atoms with Crippen molar-refractivity contribution in [2.75, 3.05) is 19.1 Å². The molecule has 0 aliphatic rings. The summed E-state index contributed by atoms with van der Waals surface area (Å²) in [5, 5.41) is 1.98. The first kappa shape index (κ1) is 49.2. The first-order chi connectivity index (χ1) is 24.9. The van der Waals surface area contributed by atoms with E-state index in [-0.39, 0.29) is 31.5 Å². The van der Waals surface area contributed by atoms with Crippen LogP contribution in [0.1, 0.15) is 219 Å². The number of amides is 2. The summed E-state index contributed by atoms with van der Waals surface area (Å²) in [6, 6.07) is 0. The van der Waals surface area contributed by atoms with Gasteiger partial charge in [-0.25, -0.2) is 4.79 Å². The standard InChI is InChI=1S/C42H78ClNO7/c1-3-5-7-9-11-13-15-17-19-21-23-25-27-29-31-33-40(46)49-36-38(37-50-42(48)44-39(45)35-43)51-41(47)34-32-30-28-26-24-22-20-18-16-14-12-10-8-6-4-2/h38H,3-37H2,1-2H3,(H,44,45,48)/t38-/m1/s1. The molecule has 1 N–H and O–H groups in total. The number of alkyl carbamates (subject to hydrolysis) is 1. The highest BCUT2D eigenvalue weighted by Gasteiger charge is 2.20. The van der Waals surface area contributed by atoms with Crippen LogP contribution in [0.3, 0.4) is 0 Å². The summed E-state index contributed by atoms with van der Waals surface area (Å²) in [7, 11) is 0. The summed E-state index contributed by atoms with van der Waals surface area (Å²) in [4.78, 5) is 48.2. The van der Waals surface area contributed by atoms with Gasteiger partial charge in [0.25, 0.3) is 0 Å². The van der Waals surface area contributed by atoms with Crippen molar-refractivity contribution in [3.05, 3.63) is 0 Å². The molecular weight excluding hydrogens is 666 g/mol. The number of alkyl halides is 1. The van der Waals surface area contributed by atoms with Gasteiger partial charge >= 0.3 is 18.0 Å². The minimum atomic E-state index is -0.992. The Morgan fingerprint density at radius 2 is 0.765 bits per heavy atom. The second-order valence-electron chi connectivity index (χ2n) is 14.5. The summed E-state index contributed by atoms with van der Waals surface area (Å²) < 4.78 is 15.9. The Hall–Kier alpha value is -1.83. The van der Waals surface area contributed by atoms with E-state index < -0.39 is 24.1 Å². The van der Waals surface area contributed by atoms with Crippen molar-refractivity contribution in [3.63, 3.8) is 0 Å². The van der Waals surface area contributed by atoms with Crippen LogP contribution in [0.2, 0.25) is 0 Å². The predicted octanol–water partition coefficient (Wildman–Crippen LogP) is 12.5. The molecule has 0 fully saturated rings. The van der Waals surface area contributed by atoms with Gasteiger partial charge in [0.05, 0.1) is 0 Å². The zero-order chi connectivity index (χ0) is 37.5. The van der Waals surface area contributed by atoms with Gasteiger partial charge in [-0.05, 0) is 12.8 Å². The molecule has 9 heteroatoms. The van der Waals surface area contributed by atoms with Crippen molar-refractivity contribution in [3.8, 4) is 0 Å². The number of hydrogen-bond donors (Lipinski definition) is 1. The lowest BCUT2D eigenvalue weighted by Gasteiger charge is -2.18. The molecule has 0 heterocycles. The molecule has 0 aliphatic heterocycles. The smallest absolute Gasteiger partial charge is 0.414 e. The molecule has 0 aromatic heterocycles. The van der Waals surface area contributed by atoms with E-state index in [1.54, 1.807) is 0 Å². The molecule has 51 heavy (non-hydrogen) atoms. The van der Waals surface area contributed by atoms with E-state index in [0.717, 1.165) is 32.1 Å². The normalized spacial score (nSPS) is 11.7. The van der Waals surface area contributed by atoms with Crippen LogP contribution in [0, 0.1) is 0 Å². The number of carbonyl (C=O) groups is 4. The highest BCUT2D eigenvalue weighted by Crippen LogP contribution is 2.16. The van der Waals surface area contributed by atoms with Crippen molar-refractivity contribution in [2.24, 2.45) is 0 Å². The second-order valence-corrected chi connectivity index (χ2v) is 14.7. The number of halogens is 1. The molecule has 2 amide bonds. The van der Waals surface area contributed by atoms with Gasteiger partial charge in [0, 0.05) is 12.8 Å². The Bertz CT molecular complexity index is 825. The zero-order valence-corrected chi connectivity index (χ0v) is 33.8. The van der Waals surface area contributed by atoms with Gasteiger partial charge in [0.15, 0.2) is 6.10 Å². The number of esters is 2. The minimum absolute atomic E-state index is 0.209. The Labute approximate surface area is 318 Å². The lowest BCUT2D eigenvalue weighted by molar-refractivity contribution is -0.161. The first-order valence-electron chi connectivity index (χ1n) is 21.3. The number of ether oxygens (including phenoxy) is 3. The van der Waals surface area contributed by atoms with Crippen LogP contribution in [-0.2, 0) is 28.6 Å². The van der Waals surface area contributed by atoms with E-state index in [1.807, 2.05) is 5.32 Å². The summed E-state index contributed by atoms with van der Waals surface area (Å²) in [5.74, 6) is -1.87. The molecule has 0 rings (SSSR count). The molecule has 1 atom stereocenters. The monoisotopic (exact) mass is 744 g/mol. The fourth-order valence-corrected chi connectivity index (χ4v) is 6.32. The van der Waals surface area contributed by atoms with Gasteiger partial charge < -0.3 is 14.2 Å². The molecule has 0 bridgehead atoms. The van der Waals surface area contributed by atoms with Crippen LogP contribution < -0.4 is 5.32 Å². The summed E-state index contributed by atoms with van der Waals surface area (Å²) in [5.41, 5.74) is 0. The maximum Gasteiger partial charge on any atom is 0.414 e. The Kier molecular flexibility index (Phi) is 38.0. The molecule has 0 spiro atoms. The van der Waals surface area contributed by atoms with Crippen LogP contribution in [-0.4, -0.2) is 49.1 Å². The van der Waals surface area contributed by atoms with Gasteiger partial charge in [-0.3, -0.25) is 19.7 Å². The maximum absolute atomic E-state index is 12.5. The SMILES string of the molecule is CCCCCCCCCCCCCCCCCC(=O)OC[C@H](COC(=O)NC(=O)CCl)OC(=O)CCCCCCCCCCCCCCCCC. The summed E-state index contributed by atoms with van der Waals surface area (Å²) >= 11 is 5.42. The molecule has 0 aromatic carbocycles. The van der Waals surface area contributed by atoms with Crippen LogP contribution in [0.4, 0.5) is 4.79 Å². The zero-order valence-electron chi connectivity index (χ0n) is 33.1. The number of carbonyl (C=O) groups excluding carboxylic acids is 4. The van der Waals surface area contributed by atoms with E-state index in [2.05, 4.69) is 13.8 Å². The minimum Gasteiger partial charge on any atom is -0.462 e. The molecule has 0 saturated carbocycles. The summed E-state index contributed by atoms with van der Waals surface area (Å²) in [6.45, 7) is 3.97. The lowest BCUT2D eigenvalue weighted by Crippen LogP contribution is -2.36. The van der Waals surface area contributed by atoms with Crippen LogP contribution in [0.25, 0.3) is 0 Å². The van der Waals surface area contributed by atoms with Crippen LogP contribution in [0.5, 0.6) is 0 Å². The molecule has 0 radical (unpaired) electrons. The van der Waals surface area contributed by atoms with Gasteiger partial charge in [0.2, 0.25) is 5.91 Å². The van der Waals surface area contributed by atoms with Gasteiger partial charge in [0.1, 0.15) is 19.1 Å². The molecule has 300 valence electrons. The Morgan fingerprint density at radius 3 is 1.12 bits per heavy atom. The molecule has 0 aromatic rings. The molecule has 0 saturated heterocycles. The van der Waals surface area contributed by atoms with Gasteiger partial charge in [-0.1, -0.05) is 194 Å². The number of nitrogens with one attached hydrogen (secondary N) is 1. The third-order valence-corrected chi connectivity index (χ3v) is 9.70. The van der Waals surface area contributed by atoms with Crippen molar-refractivity contribution in [1.82, 2.24) is 5.32 Å². The average Bonchev–Trinajstić information content (AvgIpc) is 3.12. The number of imide groups is 1. The fraction of sp³-hybridized carbons (Fsp3) is 0.905. The maximum atomic E-state index is 12.5. The number of unbranched alkanes of at least 4 members (excludes halogenated alkanes) is 28. The van der Waals surface area contributed by atoms with E-state index in [0.29, 0.717) is 12.8 Å². The Balaban J connectivity index is 4.09. The quantitative estimate of drug-likeness (QED) is 0.0290. The van der Waals surface area contributed by atoms with Crippen LogP contribution in [0.15, 0.2) is 0 Å². The Morgan fingerprint density at radius 1 is 0.451 bits per heavy atom. The van der Waals surface area contributed by atoms with Crippen molar-refractivity contribution in [2.45, 2.75) is 225 Å². The van der Waals surface area contributed by atoms with Crippen LogP contribution >= 0.6 is 11.6 Å². The van der Waals surface area contributed by atoms with E-state index in [4.69, 9.17) is 25.8 Å². The predicted molar refractivity (Wildman–Crippen MR) is 210 cm³/mol. The third kappa shape index (κ3) is 37.7. The highest BCUT2D eigenvalue weighted by atomic mass is 35.5. The number of rotatable bonds is 38. The van der Waals surface area contributed by atoms with Gasteiger partial charge in [-0.2, -0.15) is 0 Å². The largest absolute Gasteiger partial charge is 0.462 e. The molecular formula is C42H78ClNO7. The fourth-order valence-electron chi connectivity index (χ4n) is 6.25. The third-order valence-electron chi connectivity index (χ3n) is 9.46. The topological polar surface area (TPSA) is 108 Å². The summed E-state index contributed by atoms with van der Waals surface area (Å²) in [6.07, 6.45) is 36.0. The van der Waals surface area contributed by atoms with Crippen molar-refractivity contribution >= 4 is 35.5 Å². The highest BCUT2D eigenvalue weighted by molar-refractivity contribution is 6.28. The van der Waals surface area contributed by atoms with Crippen molar-refractivity contribution in [1.29, 1.82) is 0 Å². The molecule has 8 nitrogen and oxygen atoms in total. The lowest BCUT2D eigenvalue weighted by atomic mass is 10.0. The first-order valence-corrected chi connectivity index (χ1v) is 21.8.